The van der Waals surface area contributed by atoms with E-state index in [4.69, 9.17) is 18.9 Å². The van der Waals surface area contributed by atoms with E-state index in [9.17, 15) is 14.2 Å². The molecule has 2 aromatic rings. The molecule has 256 valence electrons. The zero-order chi connectivity index (χ0) is 34.0. The number of amides is 2. The van der Waals surface area contributed by atoms with Crippen molar-refractivity contribution in [2.24, 2.45) is 4.99 Å². The summed E-state index contributed by atoms with van der Waals surface area (Å²) in [6, 6.07) is 7.10. The van der Waals surface area contributed by atoms with E-state index < -0.39 is 7.29 Å². The Kier molecular flexibility index (Phi) is 9.99. The van der Waals surface area contributed by atoms with Crippen LogP contribution in [0.1, 0.15) is 58.9 Å². The van der Waals surface area contributed by atoms with Gasteiger partial charge in [-0.25, -0.2) is 0 Å². The maximum atomic E-state index is 14.1. The molecule has 1 N–H and O–H groups in total. The zero-order valence-electron chi connectivity index (χ0n) is 28.1. The summed E-state index contributed by atoms with van der Waals surface area (Å²) >= 11 is 0. The molecular weight excluding hydrogens is 631 g/mol. The number of hydrogen-bond acceptors (Lipinski definition) is 8. The second-order valence-electron chi connectivity index (χ2n) is 12.9. The van der Waals surface area contributed by atoms with E-state index in [0.717, 1.165) is 42.4 Å². The van der Waals surface area contributed by atoms with Crippen LogP contribution in [0.25, 0.3) is 0 Å². The third-order valence-electron chi connectivity index (χ3n) is 9.51. The minimum Gasteiger partial charge on any atom is -0.493 e. The van der Waals surface area contributed by atoms with Gasteiger partial charge in [0, 0.05) is 55.8 Å². The van der Waals surface area contributed by atoms with Gasteiger partial charge in [-0.15, -0.1) is 0 Å². The topological polar surface area (TPSA) is 119 Å². The van der Waals surface area contributed by atoms with Gasteiger partial charge in [-0.2, -0.15) is 0 Å². The third kappa shape index (κ3) is 6.89. The second kappa shape index (κ2) is 14.2. The smallest absolute Gasteiger partial charge is 0.257 e. The van der Waals surface area contributed by atoms with Crippen LogP contribution in [-0.4, -0.2) is 99.3 Å². The Morgan fingerprint density at radius 1 is 0.875 bits per heavy atom. The second-order valence-corrected chi connectivity index (χ2v) is 15.9. The Morgan fingerprint density at radius 3 is 2.19 bits per heavy atom. The predicted octanol–water partition coefficient (Wildman–Crippen LogP) is 5.64. The molecule has 2 amide bonds. The van der Waals surface area contributed by atoms with E-state index in [1.807, 2.05) is 17.9 Å². The lowest BCUT2D eigenvalue weighted by Crippen LogP contribution is -2.35. The highest BCUT2D eigenvalue weighted by atomic mass is 31.2. The maximum Gasteiger partial charge on any atom is 0.257 e. The van der Waals surface area contributed by atoms with Crippen LogP contribution in [0.2, 0.25) is 0 Å². The average Bonchev–Trinajstić information content (AvgIpc) is 3.59. The van der Waals surface area contributed by atoms with Gasteiger partial charge in [0.1, 0.15) is 0 Å². The van der Waals surface area contributed by atoms with Crippen molar-refractivity contribution in [2.45, 2.75) is 51.1 Å². The van der Waals surface area contributed by atoms with E-state index in [0.29, 0.717) is 65.9 Å². The lowest BCUT2D eigenvalue weighted by molar-refractivity contribution is 0.0740. The first kappa shape index (κ1) is 33.8. The predicted molar refractivity (Wildman–Crippen MR) is 186 cm³/mol. The number of ether oxygens (including phenoxy) is 4. The summed E-state index contributed by atoms with van der Waals surface area (Å²) in [5.74, 6) is 1.73. The molecular formula is C36H45N4O7P. The van der Waals surface area contributed by atoms with Gasteiger partial charge in [0.25, 0.3) is 11.8 Å². The van der Waals surface area contributed by atoms with Crippen molar-refractivity contribution in [3.63, 3.8) is 0 Å². The minimum atomic E-state index is -2.92. The number of hydrogen-bond donors (Lipinski definition) is 1. The highest BCUT2D eigenvalue weighted by molar-refractivity contribution is 7.61. The summed E-state index contributed by atoms with van der Waals surface area (Å²) in [5.41, 5.74) is 4.62. The van der Waals surface area contributed by atoms with E-state index in [1.54, 1.807) is 36.4 Å². The Labute approximate surface area is 282 Å². The van der Waals surface area contributed by atoms with Crippen molar-refractivity contribution in [3.8, 4) is 23.0 Å². The van der Waals surface area contributed by atoms with Crippen LogP contribution < -0.4 is 24.0 Å². The molecule has 1 unspecified atom stereocenters. The number of carbonyl (C=O) groups excluding carboxylic acids is 2. The molecule has 2 saturated heterocycles. The lowest BCUT2D eigenvalue weighted by atomic mass is 10.00. The highest BCUT2D eigenvalue weighted by Gasteiger charge is 2.36. The monoisotopic (exact) mass is 676 g/mol. The summed E-state index contributed by atoms with van der Waals surface area (Å²) in [6.45, 7) is 12.2. The summed E-state index contributed by atoms with van der Waals surface area (Å²) in [7, 11) is 0.157. The Hall–Kier alpha value is -4.08. The van der Waals surface area contributed by atoms with Gasteiger partial charge in [0.05, 0.1) is 44.7 Å². The largest absolute Gasteiger partial charge is 0.493 e. The molecule has 0 saturated carbocycles. The van der Waals surface area contributed by atoms with Crippen molar-refractivity contribution in [3.05, 3.63) is 65.3 Å². The Bertz CT molecular complexity index is 1710. The molecule has 0 bridgehead atoms. The zero-order valence-corrected chi connectivity index (χ0v) is 29.0. The summed E-state index contributed by atoms with van der Waals surface area (Å²) in [5, 5.41) is 3.25. The molecule has 4 aliphatic heterocycles. The van der Waals surface area contributed by atoms with E-state index in [2.05, 4.69) is 23.2 Å². The van der Waals surface area contributed by atoms with Crippen LogP contribution in [0.3, 0.4) is 0 Å². The van der Waals surface area contributed by atoms with Crippen LogP contribution in [0.5, 0.6) is 23.0 Å². The first-order valence-electron chi connectivity index (χ1n) is 16.6. The molecule has 2 fully saturated rings. The quantitative estimate of drug-likeness (QED) is 0.214. The fourth-order valence-electron chi connectivity index (χ4n) is 6.93. The standard InChI is InChI=1S/C36H45N4O7P/c1-6-9-38-48(43,12-10-46-33-16-25-7-8-26-14-23(2)21-39(26)35(41)28(25)17-31(33)44-4)13-11-47-34-19-30-29(18-32(34)45-5)36(42)40-22-24(3)15-27(40)20-37-30/h16-20,26-27H,2-3,6-15,21-22H2,1,4-5H3,(H,38,43)/t26-,27+,48?/m1/s1. The van der Waals surface area contributed by atoms with E-state index in [-0.39, 0.29) is 49.4 Å². The molecule has 4 heterocycles. The third-order valence-corrected chi connectivity index (χ3v) is 12.1. The lowest BCUT2D eigenvalue weighted by Gasteiger charge is -2.22. The van der Waals surface area contributed by atoms with Crippen LogP contribution in [0.15, 0.2) is 53.6 Å². The number of fused-ring (bicyclic) bond motifs is 4. The van der Waals surface area contributed by atoms with Gasteiger partial charge in [0.2, 0.25) is 0 Å². The van der Waals surface area contributed by atoms with Gasteiger partial charge < -0.3 is 33.3 Å². The molecule has 3 atom stereocenters. The fraction of sp³-hybridized carbons (Fsp3) is 0.472. The van der Waals surface area contributed by atoms with Crippen molar-refractivity contribution in [1.82, 2.24) is 14.9 Å². The number of rotatable bonds is 13. The number of methoxy groups -OCH3 is 2. The molecule has 0 spiro atoms. The van der Waals surface area contributed by atoms with Gasteiger partial charge in [-0.3, -0.25) is 19.7 Å². The van der Waals surface area contributed by atoms with Gasteiger partial charge in [-0.05, 0) is 55.9 Å². The van der Waals surface area contributed by atoms with Crippen LogP contribution in [-0.2, 0) is 11.0 Å². The average molecular weight is 677 g/mol. The van der Waals surface area contributed by atoms with Gasteiger partial charge in [-0.1, -0.05) is 31.2 Å². The van der Waals surface area contributed by atoms with Crippen LogP contribution >= 0.6 is 7.29 Å². The van der Waals surface area contributed by atoms with E-state index >= 15 is 0 Å². The number of nitrogens with zero attached hydrogens (tertiary/aromatic N) is 3. The fourth-order valence-corrected chi connectivity index (χ4v) is 8.87. The number of nitrogens with one attached hydrogen (secondary N) is 1. The molecule has 12 heteroatoms. The first-order chi connectivity index (χ1) is 23.1. The summed E-state index contributed by atoms with van der Waals surface area (Å²) < 4.78 is 37.6. The van der Waals surface area contributed by atoms with E-state index in [1.165, 1.54) is 7.11 Å². The molecule has 0 radical (unpaired) electrons. The van der Waals surface area contributed by atoms with Crippen molar-refractivity contribution >= 4 is 31.0 Å². The van der Waals surface area contributed by atoms with Crippen LogP contribution in [0.4, 0.5) is 5.69 Å². The number of aliphatic imine (C=N–C) groups is 1. The van der Waals surface area contributed by atoms with Gasteiger partial charge >= 0.3 is 0 Å². The molecule has 2 aromatic carbocycles. The molecule has 48 heavy (non-hydrogen) atoms. The molecule has 6 rings (SSSR count). The Morgan fingerprint density at radius 2 is 1.50 bits per heavy atom. The van der Waals surface area contributed by atoms with Crippen molar-refractivity contribution in [1.29, 1.82) is 0 Å². The van der Waals surface area contributed by atoms with Gasteiger partial charge in [0.15, 0.2) is 30.3 Å². The summed E-state index contributed by atoms with van der Waals surface area (Å²) in [6.07, 6.45) is 6.30. The summed E-state index contributed by atoms with van der Waals surface area (Å²) in [4.78, 5) is 35.0. The number of carbonyl (C=O) groups is 2. The normalized spacial score (nSPS) is 21.1. The first-order valence-corrected chi connectivity index (χ1v) is 18.7. The molecule has 4 aliphatic rings. The Balaban J connectivity index is 1.12. The molecule has 0 aliphatic carbocycles. The molecule has 0 aromatic heterocycles. The maximum absolute atomic E-state index is 14.1. The van der Waals surface area contributed by atoms with Crippen LogP contribution in [0, 0.1) is 0 Å². The SMILES string of the molecule is C=C1C[C@H]2CCc3cc(OCCP(=O)(CCOc4cc5c(cc4OC)C(=O)N4CC(=C)C[C@H]4C=N5)NCCC)c(OC)cc3C(=O)N2C1. The van der Waals surface area contributed by atoms with Crippen molar-refractivity contribution < 1.29 is 33.1 Å². The number of aryl methyl sites for hydroxylation is 1. The highest BCUT2D eigenvalue weighted by Crippen LogP contribution is 2.43. The molecule has 11 nitrogen and oxygen atoms in total. The van der Waals surface area contributed by atoms with Crippen molar-refractivity contribution in [2.75, 3.05) is 59.4 Å². The number of benzene rings is 2. The minimum absolute atomic E-state index is 0.000373.